The lowest BCUT2D eigenvalue weighted by atomic mass is 9.43. The Labute approximate surface area is 284 Å². The van der Waals surface area contributed by atoms with Crippen molar-refractivity contribution in [1.82, 2.24) is 0 Å². The van der Waals surface area contributed by atoms with E-state index >= 15 is 0 Å². The molecule has 0 radical (unpaired) electrons. The minimum Gasteiger partial charge on any atom is -0.376 e. The van der Waals surface area contributed by atoms with Gasteiger partial charge in [0.05, 0.1) is 5.54 Å². The Balaban J connectivity index is 1.26. The Hall–Kier alpha value is -5.02. The summed E-state index contributed by atoms with van der Waals surface area (Å²) in [7, 11) is 0. The summed E-state index contributed by atoms with van der Waals surface area (Å²) in [5.74, 6) is 0. The maximum atomic E-state index is 2.82. The Morgan fingerprint density at radius 2 is 1.25 bits per heavy atom. The van der Waals surface area contributed by atoms with Gasteiger partial charge in [0, 0.05) is 33.7 Å². The average molecular weight is 619 g/mol. The number of rotatable bonds is 3. The van der Waals surface area contributed by atoms with Crippen molar-refractivity contribution in [3.8, 4) is 33.4 Å². The molecule has 2 atom stereocenters. The molecule has 6 aromatic rings. The van der Waals surface area contributed by atoms with Crippen LogP contribution in [0.25, 0.3) is 33.4 Å². The van der Waals surface area contributed by atoms with Crippen LogP contribution in [0.1, 0.15) is 50.7 Å². The van der Waals surface area contributed by atoms with E-state index in [4.69, 9.17) is 0 Å². The number of benzene rings is 6. The van der Waals surface area contributed by atoms with Crippen LogP contribution in [0.3, 0.4) is 0 Å². The molecule has 3 heterocycles. The van der Waals surface area contributed by atoms with Gasteiger partial charge in [0.2, 0.25) is 0 Å². The molecule has 1 aliphatic carbocycles. The van der Waals surface area contributed by atoms with Crippen molar-refractivity contribution < 1.29 is 0 Å². The molecule has 48 heavy (non-hydrogen) atoms. The number of nitrogens with zero attached hydrogens (tertiary/aromatic N) is 2. The van der Waals surface area contributed by atoms with Crippen LogP contribution < -0.4 is 20.6 Å². The molecule has 0 N–H and O–H groups in total. The van der Waals surface area contributed by atoms with Gasteiger partial charge in [-0.25, -0.2) is 0 Å². The Morgan fingerprint density at radius 1 is 0.583 bits per heavy atom. The molecular weight excluding hydrogens is 579 g/mol. The Morgan fingerprint density at radius 3 is 2.00 bits per heavy atom. The van der Waals surface area contributed by atoms with Gasteiger partial charge < -0.3 is 9.71 Å². The molecule has 3 aliphatic heterocycles. The lowest BCUT2D eigenvalue weighted by Gasteiger charge is -2.53. The zero-order valence-corrected chi connectivity index (χ0v) is 28.0. The summed E-state index contributed by atoms with van der Waals surface area (Å²) in [5, 5.41) is 0. The number of hydrogen-bond donors (Lipinski definition) is 0. The maximum absolute atomic E-state index is 2.82. The third-order valence-electron chi connectivity index (χ3n) is 12.4. The largest absolute Gasteiger partial charge is 0.376 e. The molecule has 2 unspecified atom stereocenters. The molecule has 4 aliphatic rings. The van der Waals surface area contributed by atoms with E-state index in [0.717, 1.165) is 0 Å². The van der Waals surface area contributed by atoms with Gasteiger partial charge in [-0.3, -0.25) is 0 Å². The second-order valence-corrected chi connectivity index (χ2v) is 14.9. The van der Waals surface area contributed by atoms with Crippen molar-refractivity contribution >= 4 is 40.5 Å². The van der Waals surface area contributed by atoms with Gasteiger partial charge >= 0.3 is 6.85 Å². The summed E-state index contributed by atoms with van der Waals surface area (Å²) in [6.07, 6.45) is 5.03. The van der Waals surface area contributed by atoms with Crippen molar-refractivity contribution in [2.24, 2.45) is 0 Å². The predicted octanol–water partition coefficient (Wildman–Crippen LogP) is 10.3. The molecule has 0 saturated heterocycles. The fraction of sp³-hybridized carbons (Fsp3) is 0.200. The van der Waals surface area contributed by atoms with Crippen LogP contribution in [0.2, 0.25) is 0 Å². The summed E-state index contributed by atoms with van der Waals surface area (Å²) < 4.78 is 0. The van der Waals surface area contributed by atoms with Crippen LogP contribution in [0.4, 0.5) is 22.7 Å². The monoisotopic (exact) mass is 618 g/mol. The highest BCUT2D eigenvalue weighted by atomic mass is 15.3. The molecule has 0 aromatic heterocycles. The highest BCUT2D eigenvalue weighted by molar-refractivity contribution is 6.93. The van der Waals surface area contributed by atoms with Crippen LogP contribution in [0, 0.1) is 6.92 Å². The normalized spacial score (nSPS) is 21.4. The molecule has 10 rings (SSSR count). The van der Waals surface area contributed by atoms with Crippen LogP contribution in [0.15, 0.2) is 133 Å². The number of anilines is 4. The molecule has 0 amide bonds. The minimum absolute atomic E-state index is 0.0323. The van der Waals surface area contributed by atoms with E-state index in [9.17, 15) is 0 Å². The van der Waals surface area contributed by atoms with Gasteiger partial charge in [-0.15, -0.1) is 0 Å². The van der Waals surface area contributed by atoms with Gasteiger partial charge in [0.15, 0.2) is 0 Å². The average Bonchev–Trinajstić information content (AvgIpc) is 3.35. The van der Waals surface area contributed by atoms with Gasteiger partial charge in [-0.1, -0.05) is 123 Å². The second kappa shape index (κ2) is 10.00. The SMILES string of the molecule is Cc1cc2c3c(c1)N1c4c(cccc4C4(C)CCCCC14C)B3N(c1ccc(-c3ccccc3)cc1)c1ccc(-c3ccccc3)cc1-2. The van der Waals surface area contributed by atoms with Crippen molar-refractivity contribution in [1.29, 1.82) is 0 Å². The van der Waals surface area contributed by atoms with Crippen LogP contribution in [-0.2, 0) is 5.41 Å². The van der Waals surface area contributed by atoms with E-state index in [0.29, 0.717) is 0 Å². The third kappa shape index (κ3) is 3.65. The molecular formula is C45H39BN2. The lowest BCUT2D eigenvalue weighted by Crippen LogP contribution is -2.64. The molecule has 3 heteroatoms. The maximum Gasteiger partial charge on any atom is 0.333 e. The van der Waals surface area contributed by atoms with E-state index in [1.165, 1.54) is 98.3 Å². The molecule has 232 valence electrons. The zero-order chi connectivity index (χ0) is 32.2. The highest BCUT2D eigenvalue weighted by Crippen LogP contribution is 2.62. The molecule has 1 saturated carbocycles. The van der Waals surface area contributed by atoms with E-state index in [2.05, 4.69) is 164 Å². The quantitative estimate of drug-likeness (QED) is 0.182. The van der Waals surface area contributed by atoms with Crippen molar-refractivity contribution in [2.45, 2.75) is 57.4 Å². The van der Waals surface area contributed by atoms with Crippen LogP contribution >= 0.6 is 0 Å². The van der Waals surface area contributed by atoms with Crippen molar-refractivity contribution in [3.05, 3.63) is 145 Å². The molecule has 0 bridgehead atoms. The van der Waals surface area contributed by atoms with Gasteiger partial charge in [0.1, 0.15) is 0 Å². The van der Waals surface area contributed by atoms with E-state index in [1.807, 2.05) is 0 Å². The highest BCUT2D eigenvalue weighted by Gasteiger charge is 2.61. The predicted molar refractivity (Wildman–Crippen MR) is 204 cm³/mol. The smallest absolute Gasteiger partial charge is 0.333 e. The summed E-state index contributed by atoms with van der Waals surface area (Å²) in [4.78, 5) is 5.47. The van der Waals surface area contributed by atoms with Gasteiger partial charge in [0.25, 0.3) is 0 Å². The van der Waals surface area contributed by atoms with Crippen LogP contribution in [-0.4, -0.2) is 12.4 Å². The summed E-state index contributed by atoms with van der Waals surface area (Å²) in [5.41, 5.74) is 19.0. The van der Waals surface area contributed by atoms with E-state index in [1.54, 1.807) is 5.56 Å². The first-order valence-corrected chi connectivity index (χ1v) is 17.7. The van der Waals surface area contributed by atoms with Crippen LogP contribution in [0.5, 0.6) is 0 Å². The second-order valence-electron chi connectivity index (χ2n) is 14.9. The molecule has 0 spiro atoms. The van der Waals surface area contributed by atoms with Crippen molar-refractivity contribution in [2.75, 3.05) is 9.71 Å². The number of para-hydroxylation sites is 1. The number of hydrogen-bond acceptors (Lipinski definition) is 2. The van der Waals surface area contributed by atoms with E-state index in [-0.39, 0.29) is 17.8 Å². The fourth-order valence-electron chi connectivity index (χ4n) is 9.93. The third-order valence-corrected chi connectivity index (χ3v) is 12.4. The van der Waals surface area contributed by atoms with Gasteiger partial charge in [-0.05, 0) is 107 Å². The van der Waals surface area contributed by atoms with E-state index < -0.39 is 0 Å². The molecule has 2 nitrogen and oxygen atoms in total. The summed E-state index contributed by atoms with van der Waals surface area (Å²) in [6.45, 7) is 7.49. The lowest BCUT2D eigenvalue weighted by molar-refractivity contribution is 0.195. The fourth-order valence-corrected chi connectivity index (χ4v) is 9.93. The Kier molecular flexibility index (Phi) is 5.84. The zero-order valence-electron chi connectivity index (χ0n) is 28.0. The van der Waals surface area contributed by atoms with Crippen molar-refractivity contribution in [3.63, 3.8) is 0 Å². The number of aryl methyl sites for hydroxylation is 1. The first-order valence-electron chi connectivity index (χ1n) is 17.7. The molecule has 1 fully saturated rings. The number of fused-ring (bicyclic) bond motifs is 7. The standard InChI is InChI=1S/C45H39BN2/c1-30-27-37-36-29-34(32-15-8-5-9-16-32)21-24-40(36)48(35-22-19-33(20-23-35)31-13-6-4-7-14-31)46-39-18-12-17-38-43(39)47(41(28-30)42(37)46)45(3)26-11-10-25-44(38,45)2/h4-9,12-24,27-29H,10-11,25-26H2,1-3H3. The summed E-state index contributed by atoms with van der Waals surface area (Å²) >= 11 is 0. The summed E-state index contributed by atoms with van der Waals surface area (Å²) in [6, 6.07) is 50.2. The Bertz CT molecular complexity index is 2240. The first-order chi connectivity index (χ1) is 23.5. The first kappa shape index (κ1) is 28.0. The topological polar surface area (TPSA) is 6.48 Å². The minimum atomic E-state index is 0.0323. The van der Waals surface area contributed by atoms with Gasteiger partial charge in [-0.2, -0.15) is 0 Å². The molecule has 6 aromatic carbocycles.